The molecule has 0 amide bonds. The molecule has 4 rings (SSSR count). The highest BCUT2D eigenvalue weighted by Gasteiger charge is 2.26. The second kappa shape index (κ2) is 10.1. The Bertz CT molecular complexity index is 823. The quantitative estimate of drug-likeness (QED) is 0.543. The minimum Gasteiger partial charge on any atom is -0.352 e. The second-order valence-electron chi connectivity index (χ2n) is 8.77. The van der Waals surface area contributed by atoms with Crippen LogP contribution in [0.4, 0.5) is 0 Å². The van der Waals surface area contributed by atoms with E-state index in [1.165, 1.54) is 50.8 Å². The average molecular weight is 410 g/mol. The van der Waals surface area contributed by atoms with Gasteiger partial charge in [0.2, 0.25) is 0 Å². The van der Waals surface area contributed by atoms with Crippen LogP contribution in [-0.2, 0) is 20.1 Å². The molecular weight excluding hydrogens is 374 g/mol. The summed E-state index contributed by atoms with van der Waals surface area (Å²) in [5.74, 6) is 3.59. The van der Waals surface area contributed by atoms with E-state index in [0.29, 0.717) is 19.1 Å². The van der Waals surface area contributed by atoms with Crippen LogP contribution in [0.1, 0.15) is 49.3 Å². The fourth-order valence-corrected chi connectivity index (χ4v) is 4.54. The number of guanidine groups is 1. The zero-order valence-electron chi connectivity index (χ0n) is 18.3. The Hall–Kier alpha value is -2.41. The van der Waals surface area contributed by atoms with Gasteiger partial charge in [-0.3, -0.25) is 0 Å². The monoisotopic (exact) mass is 409 g/mol. The first kappa shape index (κ1) is 20.8. The van der Waals surface area contributed by atoms with Gasteiger partial charge < -0.3 is 20.1 Å². The highest BCUT2D eigenvalue weighted by molar-refractivity contribution is 5.80. The van der Waals surface area contributed by atoms with E-state index in [1.54, 1.807) is 0 Å². The summed E-state index contributed by atoms with van der Waals surface area (Å²) in [6.07, 6.45) is 6.83. The topological polar surface area (TPSA) is 70.4 Å². The zero-order valence-corrected chi connectivity index (χ0v) is 18.3. The van der Waals surface area contributed by atoms with Crippen molar-refractivity contribution in [3.8, 4) is 0 Å². The molecule has 7 nitrogen and oxygen atoms in total. The maximum Gasteiger partial charge on any atom is 0.192 e. The largest absolute Gasteiger partial charge is 0.352 e. The van der Waals surface area contributed by atoms with Crippen molar-refractivity contribution in [3.05, 3.63) is 47.5 Å². The normalized spacial score (nSPS) is 20.7. The van der Waals surface area contributed by atoms with Crippen LogP contribution >= 0.6 is 0 Å². The van der Waals surface area contributed by atoms with Crippen molar-refractivity contribution in [2.75, 3.05) is 19.6 Å². The number of benzene rings is 1. The van der Waals surface area contributed by atoms with Crippen LogP contribution in [0.3, 0.4) is 0 Å². The molecule has 1 unspecified atom stereocenters. The van der Waals surface area contributed by atoms with Gasteiger partial charge in [0.1, 0.15) is 5.82 Å². The summed E-state index contributed by atoms with van der Waals surface area (Å²) in [6.45, 7) is 6.79. The molecule has 30 heavy (non-hydrogen) atoms. The fraction of sp³-hybridized carbons (Fsp3) is 0.609. The van der Waals surface area contributed by atoms with Gasteiger partial charge in [0.15, 0.2) is 11.8 Å². The lowest BCUT2D eigenvalue weighted by molar-refractivity contribution is 0.275. The summed E-state index contributed by atoms with van der Waals surface area (Å²) in [7, 11) is 2.00. The lowest BCUT2D eigenvalue weighted by Crippen LogP contribution is -2.45. The van der Waals surface area contributed by atoms with E-state index in [1.807, 2.05) is 24.6 Å². The van der Waals surface area contributed by atoms with E-state index in [0.717, 1.165) is 30.1 Å². The number of hydrogen-bond donors (Lipinski definition) is 2. The maximum absolute atomic E-state index is 4.86. The third-order valence-electron chi connectivity index (χ3n) is 6.46. The number of aryl methyl sites for hydroxylation is 1. The molecule has 0 bridgehead atoms. The van der Waals surface area contributed by atoms with Gasteiger partial charge in [0, 0.05) is 32.7 Å². The van der Waals surface area contributed by atoms with E-state index < -0.39 is 0 Å². The zero-order chi connectivity index (χ0) is 20.8. The Morgan fingerprint density at radius 3 is 2.67 bits per heavy atom. The standard InChI is InChI=1S/C23H35N7/c1-18-27-28-22(29(18)2)15-25-23(24-14-19-8-4-3-5-9-19)26-21-12-13-30(17-21)16-20-10-6-7-11-20/h3-5,8-9,20-21H,6-7,10-17H2,1-2H3,(H2,24,25,26). The fourth-order valence-electron chi connectivity index (χ4n) is 4.54. The van der Waals surface area contributed by atoms with E-state index in [2.05, 4.69) is 50.0 Å². The van der Waals surface area contributed by atoms with Gasteiger partial charge in [-0.2, -0.15) is 0 Å². The van der Waals surface area contributed by atoms with Crippen LogP contribution in [0.15, 0.2) is 35.3 Å². The van der Waals surface area contributed by atoms with Gasteiger partial charge in [-0.1, -0.05) is 43.2 Å². The van der Waals surface area contributed by atoms with Gasteiger partial charge in [0.25, 0.3) is 0 Å². The molecule has 7 heteroatoms. The van der Waals surface area contributed by atoms with Crippen molar-refractivity contribution in [1.29, 1.82) is 0 Å². The molecule has 2 fully saturated rings. The van der Waals surface area contributed by atoms with E-state index in [4.69, 9.17) is 4.99 Å². The SMILES string of the molecule is Cc1nnc(CNC(=NCc2ccccc2)NC2CCN(CC3CCCC3)C2)n1C. The predicted octanol–water partition coefficient (Wildman–Crippen LogP) is 2.62. The molecule has 0 radical (unpaired) electrons. The van der Waals surface area contributed by atoms with Crippen molar-refractivity contribution in [3.63, 3.8) is 0 Å². The molecule has 2 aromatic rings. The Labute approximate surface area is 180 Å². The molecule has 1 atom stereocenters. The highest BCUT2D eigenvalue weighted by Crippen LogP contribution is 2.26. The highest BCUT2D eigenvalue weighted by atomic mass is 15.3. The van der Waals surface area contributed by atoms with Crippen molar-refractivity contribution >= 4 is 5.96 Å². The minimum absolute atomic E-state index is 0.439. The number of likely N-dealkylation sites (tertiary alicyclic amines) is 1. The van der Waals surface area contributed by atoms with Crippen LogP contribution in [-0.4, -0.2) is 51.3 Å². The number of aliphatic imine (C=N–C) groups is 1. The van der Waals surface area contributed by atoms with Crippen molar-refractivity contribution in [2.45, 2.75) is 58.2 Å². The van der Waals surface area contributed by atoms with Crippen LogP contribution in [0.2, 0.25) is 0 Å². The lowest BCUT2D eigenvalue weighted by atomic mass is 10.1. The van der Waals surface area contributed by atoms with Crippen molar-refractivity contribution in [1.82, 2.24) is 30.3 Å². The molecule has 1 saturated carbocycles. The molecule has 1 aromatic carbocycles. The molecule has 162 valence electrons. The molecule has 1 aliphatic carbocycles. The second-order valence-corrected chi connectivity index (χ2v) is 8.77. The smallest absolute Gasteiger partial charge is 0.192 e. The van der Waals surface area contributed by atoms with Crippen LogP contribution in [0.5, 0.6) is 0 Å². The Kier molecular flexibility index (Phi) is 7.00. The number of nitrogens with zero attached hydrogens (tertiary/aromatic N) is 5. The summed E-state index contributed by atoms with van der Waals surface area (Å²) >= 11 is 0. The number of hydrogen-bond acceptors (Lipinski definition) is 4. The van der Waals surface area contributed by atoms with E-state index >= 15 is 0 Å². The first-order valence-electron chi connectivity index (χ1n) is 11.3. The van der Waals surface area contributed by atoms with Gasteiger partial charge in [-0.25, -0.2) is 4.99 Å². The van der Waals surface area contributed by atoms with E-state index in [9.17, 15) is 0 Å². The van der Waals surface area contributed by atoms with Crippen LogP contribution in [0.25, 0.3) is 0 Å². The van der Waals surface area contributed by atoms with Gasteiger partial charge in [0.05, 0.1) is 13.1 Å². The summed E-state index contributed by atoms with van der Waals surface area (Å²) in [4.78, 5) is 7.49. The van der Waals surface area contributed by atoms with Gasteiger partial charge >= 0.3 is 0 Å². The lowest BCUT2D eigenvalue weighted by Gasteiger charge is -2.21. The third-order valence-corrected chi connectivity index (χ3v) is 6.46. The molecule has 2 heterocycles. The summed E-state index contributed by atoms with van der Waals surface area (Å²) < 4.78 is 2.01. The van der Waals surface area contributed by atoms with Crippen LogP contribution in [0, 0.1) is 12.8 Å². The Morgan fingerprint density at radius 2 is 1.93 bits per heavy atom. The third kappa shape index (κ3) is 5.59. The van der Waals surface area contributed by atoms with Crippen LogP contribution < -0.4 is 10.6 Å². The molecule has 1 aromatic heterocycles. The predicted molar refractivity (Wildman–Crippen MR) is 120 cm³/mol. The Morgan fingerprint density at radius 1 is 1.13 bits per heavy atom. The number of aromatic nitrogens is 3. The van der Waals surface area contributed by atoms with E-state index in [-0.39, 0.29) is 0 Å². The molecule has 1 aliphatic heterocycles. The minimum atomic E-state index is 0.439. The summed E-state index contributed by atoms with van der Waals surface area (Å²) in [5, 5.41) is 15.6. The van der Waals surface area contributed by atoms with Gasteiger partial charge in [-0.15, -0.1) is 10.2 Å². The average Bonchev–Trinajstić information content (AvgIpc) is 3.50. The molecular formula is C23H35N7. The summed E-state index contributed by atoms with van der Waals surface area (Å²) in [5.41, 5.74) is 1.21. The van der Waals surface area contributed by atoms with Gasteiger partial charge in [-0.05, 0) is 37.7 Å². The number of rotatable bonds is 7. The van der Waals surface area contributed by atoms with Crippen molar-refractivity contribution in [2.24, 2.45) is 18.0 Å². The molecule has 2 aliphatic rings. The van der Waals surface area contributed by atoms with Crippen molar-refractivity contribution < 1.29 is 0 Å². The Balaban J connectivity index is 1.36. The maximum atomic E-state index is 4.86. The first-order valence-corrected chi connectivity index (χ1v) is 11.3. The first-order chi connectivity index (χ1) is 14.7. The molecule has 1 saturated heterocycles. The molecule has 2 N–H and O–H groups in total. The molecule has 0 spiro atoms. The summed E-state index contributed by atoms with van der Waals surface area (Å²) in [6, 6.07) is 10.8. The number of nitrogens with one attached hydrogen (secondary N) is 2.